The van der Waals surface area contributed by atoms with Crippen LogP contribution < -0.4 is 4.90 Å². The third kappa shape index (κ3) is 4.48. The maximum atomic E-state index is 12.6. The summed E-state index contributed by atoms with van der Waals surface area (Å²) in [5.74, 6) is -2.83. The third-order valence-corrected chi connectivity index (χ3v) is 6.30. The van der Waals surface area contributed by atoms with Gasteiger partial charge >= 0.3 is 5.76 Å². The van der Waals surface area contributed by atoms with Gasteiger partial charge in [-0.15, -0.1) is 0 Å². The highest BCUT2D eigenvalue weighted by molar-refractivity contribution is 7.91. The molecule has 0 spiro atoms. The van der Waals surface area contributed by atoms with Gasteiger partial charge in [0.2, 0.25) is 9.84 Å². The molecule has 0 aromatic heterocycles. The van der Waals surface area contributed by atoms with Gasteiger partial charge in [0.1, 0.15) is 0 Å². The van der Waals surface area contributed by atoms with Crippen LogP contribution in [0.15, 0.2) is 29.2 Å². The number of rotatable bonds is 5. The third-order valence-electron chi connectivity index (χ3n) is 4.90. The topological polar surface area (TPSA) is 49.9 Å². The molecule has 8 heteroatoms. The molecule has 2 aliphatic rings. The van der Waals surface area contributed by atoms with Crippen molar-refractivity contribution in [1.29, 1.82) is 0 Å². The second kappa shape index (κ2) is 7.97. The first-order chi connectivity index (χ1) is 12.0. The molecule has 5 nitrogen and oxygen atoms in total. The Balaban J connectivity index is 1.63. The summed E-state index contributed by atoms with van der Waals surface area (Å²) >= 11 is 0. The Morgan fingerprint density at radius 1 is 1.12 bits per heavy atom. The lowest BCUT2D eigenvalue weighted by Crippen LogP contribution is -2.44. The number of piperidine rings is 1. The number of hydrogen-bond acceptors (Lipinski definition) is 5. The molecule has 25 heavy (non-hydrogen) atoms. The predicted molar refractivity (Wildman–Crippen MR) is 91.8 cm³/mol. The van der Waals surface area contributed by atoms with E-state index < -0.39 is 15.6 Å². The highest BCUT2D eigenvalue weighted by Crippen LogP contribution is 2.26. The standard InChI is InChI=1S/C17H24F2N2O3S/c18-17(19)25(22,23)16-5-3-15(4-6-16)21-7-1-2-14(13-21)12-20-8-10-24-11-9-20/h3-6,14,17H,1-2,7-13H2. The molecule has 0 bridgehead atoms. The first-order valence-corrected chi connectivity index (χ1v) is 10.2. The predicted octanol–water partition coefficient (Wildman–Crippen LogP) is 2.23. The lowest BCUT2D eigenvalue weighted by molar-refractivity contribution is 0.0296. The molecule has 0 aliphatic carbocycles. The molecule has 1 aromatic carbocycles. The fourth-order valence-electron chi connectivity index (χ4n) is 3.55. The quantitative estimate of drug-likeness (QED) is 0.791. The van der Waals surface area contributed by atoms with E-state index in [1.54, 1.807) is 12.1 Å². The first kappa shape index (κ1) is 18.5. The van der Waals surface area contributed by atoms with Crippen molar-refractivity contribution < 1.29 is 21.9 Å². The summed E-state index contributed by atoms with van der Waals surface area (Å²) in [6.45, 7) is 6.36. The van der Waals surface area contributed by atoms with E-state index in [4.69, 9.17) is 4.74 Å². The van der Waals surface area contributed by atoms with Crippen LogP contribution >= 0.6 is 0 Å². The Kier molecular flexibility index (Phi) is 5.91. The van der Waals surface area contributed by atoms with Crippen LogP contribution in [0.25, 0.3) is 0 Å². The Labute approximate surface area is 147 Å². The minimum atomic E-state index is -4.52. The molecule has 2 fully saturated rings. The second-order valence-electron chi connectivity index (χ2n) is 6.67. The minimum absolute atomic E-state index is 0.326. The van der Waals surface area contributed by atoms with Gasteiger partial charge in [0.25, 0.3) is 0 Å². The molecule has 0 radical (unpaired) electrons. The fourth-order valence-corrected chi connectivity index (χ4v) is 4.27. The number of alkyl halides is 2. The van der Waals surface area contributed by atoms with Gasteiger partial charge in [-0.1, -0.05) is 0 Å². The molecular formula is C17H24F2N2O3S. The molecule has 1 unspecified atom stereocenters. The first-order valence-electron chi connectivity index (χ1n) is 8.64. The van der Waals surface area contributed by atoms with Crippen LogP contribution in [0.3, 0.4) is 0 Å². The molecule has 2 aliphatic heterocycles. The van der Waals surface area contributed by atoms with Crippen molar-refractivity contribution in [3.05, 3.63) is 24.3 Å². The lowest BCUT2D eigenvalue weighted by atomic mass is 9.96. The number of hydrogen-bond donors (Lipinski definition) is 0. The molecule has 2 heterocycles. The van der Waals surface area contributed by atoms with Gasteiger partial charge in [0.05, 0.1) is 18.1 Å². The van der Waals surface area contributed by atoms with Crippen molar-refractivity contribution in [2.45, 2.75) is 23.5 Å². The average molecular weight is 374 g/mol. The van der Waals surface area contributed by atoms with Crippen LogP contribution in [0.2, 0.25) is 0 Å². The van der Waals surface area contributed by atoms with Crippen molar-refractivity contribution in [3.63, 3.8) is 0 Å². The smallest absolute Gasteiger partial charge is 0.341 e. The van der Waals surface area contributed by atoms with Crippen molar-refractivity contribution in [3.8, 4) is 0 Å². The van der Waals surface area contributed by atoms with E-state index in [1.807, 2.05) is 0 Å². The summed E-state index contributed by atoms with van der Waals surface area (Å²) in [6.07, 6.45) is 2.25. The van der Waals surface area contributed by atoms with Gasteiger partial charge in [-0.3, -0.25) is 4.90 Å². The number of anilines is 1. The van der Waals surface area contributed by atoms with E-state index in [0.29, 0.717) is 5.92 Å². The van der Waals surface area contributed by atoms with Crippen molar-refractivity contribution in [2.75, 3.05) is 50.8 Å². The highest BCUT2D eigenvalue weighted by atomic mass is 32.2. The highest BCUT2D eigenvalue weighted by Gasteiger charge is 2.27. The minimum Gasteiger partial charge on any atom is -0.379 e. The molecule has 0 N–H and O–H groups in total. The van der Waals surface area contributed by atoms with Gasteiger partial charge in [0, 0.05) is 38.4 Å². The van der Waals surface area contributed by atoms with Crippen LogP contribution in [0.1, 0.15) is 12.8 Å². The zero-order valence-corrected chi connectivity index (χ0v) is 14.9. The van der Waals surface area contributed by atoms with Crippen LogP contribution in [0.4, 0.5) is 14.5 Å². The Hall–Kier alpha value is -1.25. The summed E-state index contributed by atoms with van der Waals surface area (Å²) in [6, 6.07) is 5.82. The van der Waals surface area contributed by atoms with Crippen molar-refractivity contribution in [1.82, 2.24) is 4.90 Å². The number of benzene rings is 1. The monoisotopic (exact) mass is 374 g/mol. The maximum absolute atomic E-state index is 12.6. The van der Waals surface area contributed by atoms with Gasteiger partial charge in [0.15, 0.2) is 0 Å². The maximum Gasteiger partial charge on any atom is 0.341 e. The molecule has 0 amide bonds. The van der Waals surface area contributed by atoms with Crippen LogP contribution in [-0.2, 0) is 14.6 Å². The lowest BCUT2D eigenvalue weighted by Gasteiger charge is -2.38. The van der Waals surface area contributed by atoms with E-state index in [9.17, 15) is 17.2 Å². The summed E-state index contributed by atoms with van der Waals surface area (Å²) in [5.41, 5.74) is 0.889. The zero-order chi connectivity index (χ0) is 17.9. The zero-order valence-electron chi connectivity index (χ0n) is 14.1. The second-order valence-corrected chi connectivity index (χ2v) is 8.58. The van der Waals surface area contributed by atoms with Gasteiger partial charge in [-0.05, 0) is 43.0 Å². The van der Waals surface area contributed by atoms with E-state index >= 15 is 0 Å². The molecule has 1 aromatic rings. The van der Waals surface area contributed by atoms with E-state index in [-0.39, 0.29) is 4.90 Å². The fraction of sp³-hybridized carbons (Fsp3) is 0.647. The SMILES string of the molecule is O=S(=O)(c1ccc(N2CCCC(CN3CCOCC3)C2)cc1)C(F)F. The number of nitrogens with zero attached hydrogens (tertiary/aromatic N) is 2. The summed E-state index contributed by atoms with van der Waals surface area (Å²) in [5, 5.41) is 0. The molecule has 3 rings (SSSR count). The summed E-state index contributed by atoms with van der Waals surface area (Å²) < 4.78 is 53.6. The molecule has 140 valence electrons. The van der Waals surface area contributed by atoms with E-state index in [0.717, 1.165) is 58.0 Å². The van der Waals surface area contributed by atoms with E-state index in [2.05, 4.69) is 9.80 Å². The number of morpholine rings is 1. The average Bonchev–Trinajstić information content (AvgIpc) is 2.63. The van der Waals surface area contributed by atoms with Gasteiger partial charge in [-0.2, -0.15) is 8.78 Å². The van der Waals surface area contributed by atoms with Gasteiger partial charge < -0.3 is 9.64 Å². The Morgan fingerprint density at radius 3 is 2.44 bits per heavy atom. The van der Waals surface area contributed by atoms with Gasteiger partial charge in [-0.25, -0.2) is 8.42 Å². The number of ether oxygens (including phenoxy) is 1. The summed E-state index contributed by atoms with van der Waals surface area (Å²) in [7, 11) is -4.52. The van der Waals surface area contributed by atoms with Crippen LogP contribution in [0, 0.1) is 5.92 Å². The van der Waals surface area contributed by atoms with Crippen LogP contribution in [0.5, 0.6) is 0 Å². The molecule has 0 saturated carbocycles. The molecule has 1 atom stereocenters. The number of sulfone groups is 1. The molecule has 2 saturated heterocycles. The largest absolute Gasteiger partial charge is 0.379 e. The van der Waals surface area contributed by atoms with Crippen molar-refractivity contribution >= 4 is 15.5 Å². The normalized spacial score (nSPS) is 23.2. The summed E-state index contributed by atoms with van der Waals surface area (Å²) in [4.78, 5) is 4.32. The number of halogens is 2. The van der Waals surface area contributed by atoms with Crippen molar-refractivity contribution in [2.24, 2.45) is 5.92 Å². The Morgan fingerprint density at radius 2 is 1.80 bits per heavy atom. The van der Waals surface area contributed by atoms with E-state index in [1.165, 1.54) is 18.6 Å². The molecular weight excluding hydrogens is 350 g/mol. The van der Waals surface area contributed by atoms with Crippen LogP contribution in [-0.4, -0.2) is 65.0 Å². The Bertz CT molecular complexity index is 661.